The number of piperazine rings is 1. The molecule has 3 heterocycles. The molecule has 2 aromatic rings. The number of hydrogen-bond donors (Lipinski definition) is 1. The van der Waals surface area contributed by atoms with Gasteiger partial charge in [-0.2, -0.15) is 11.3 Å². The van der Waals surface area contributed by atoms with Gasteiger partial charge in [-0.05, 0) is 29.3 Å². The van der Waals surface area contributed by atoms with Gasteiger partial charge in [0.25, 0.3) is 0 Å². The number of nitrogens with zero attached hydrogens (tertiary/aromatic N) is 4. The average Bonchev–Trinajstić information content (AvgIpc) is 3.26. The highest BCUT2D eigenvalue weighted by molar-refractivity contribution is 7.07. The molecular formula is C16H23N5OS. The number of guanidine groups is 1. The standard InChI is InChI=1S/C16H23N5OS/c1-2-17-16(18-11-14-4-10-23-13-14)21-7-5-20(6-8-21)12-15-3-9-22-19-15/h3-4,9-10,13H,2,5-8,11-12H2,1H3,(H,17,18). The van der Waals surface area contributed by atoms with Gasteiger partial charge in [0, 0.05) is 45.3 Å². The van der Waals surface area contributed by atoms with E-state index < -0.39 is 0 Å². The first-order valence-corrected chi connectivity index (χ1v) is 8.95. The lowest BCUT2D eigenvalue weighted by Crippen LogP contribution is -2.52. The van der Waals surface area contributed by atoms with Crippen LogP contribution in [0.1, 0.15) is 18.2 Å². The summed E-state index contributed by atoms with van der Waals surface area (Å²) in [5.41, 5.74) is 2.27. The lowest BCUT2D eigenvalue weighted by molar-refractivity contribution is 0.169. The van der Waals surface area contributed by atoms with Gasteiger partial charge < -0.3 is 14.7 Å². The van der Waals surface area contributed by atoms with Crippen LogP contribution in [0.3, 0.4) is 0 Å². The first-order valence-electron chi connectivity index (χ1n) is 8.01. The molecule has 0 aliphatic carbocycles. The second kappa shape index (κ2) is 8.12. The van der Waals surface area contributed by atoms with E-state index in [9.17, 15) is 0 Å². The minimum atomic E-state index is 0.741. The lowest BCUT2D eigenvalue weighted by Gasteiger charge is -2.36. The van der Waals surface area contributed by atoms with E-state index in [1.807, 2.05) is 6.07 Å². The minimum absolute atomic E-state index is 0.741. The Bertz CT molecular complexity index is 588. The second-order valence-electron chi connectivity index (χ2n) is 5.56. The van der Waals surface area contributed by atoms with Gasteiger partial charge in [0.2, 0.25) is 0 Å². The van der Waals surface area contributed by atoms with Crippen molar-refractivity contribution in [2.45, 2.75) is 20.0 Å². The molecule has 124 valence electrons. The van der Waals surface area contributed by atoms with Gasteiger partial charge in [-0.25, -0.2) is 4.99 Å². The molecular weight excluding hydrogens is 310 g/mol. The van der Waals surface area contributed by atoms with E-state index in [2.05, 4.69) is 44.0 Å². The summed E-state index contributed by atoms with van der Waals surface area (Å²) in [7, 11) is 0. The van der Waals surface area contributed by atoms with E-state index in [4.69, 9.17) is 9.52 Å². The van der Waals surface area contributed by atoms with Crippen molar-refractivity contribution >= 4 is 17.3 Å². The molecule has 0 aromatic carbocycles. The van der Waals surface area contributed by atoms with Gasteiger partial charge in [0.05, 0.1) is 12.2 Å². The highest BCUT2D eigenvalue weighted by Crippen LogP contribution is 2.10. The molecule has 0 atom stereocenters. The maximum Gasteiger partial charge on any atom is 0.194 e. The van der Waals surface area contributed by atoms with Crippen LogP contribution in [0.4, 0.5) is 0 Å². The Labute approximate surface area is 140 Å². The number of aliphatic imine (C=N–C) groups is 1. The Morgan fingerprint density at radius 1 is 1.35 bits per heavy atom. The minimum Gasteiger partial charge on any atom is -0.364 e. The zero-order chi connectivity index (χ0) is 15.9. The van der Waals surface area contributed by atoms with Gasteiger partial charge in [-0.3, -0.25) is 4.90 Å². The van der Waals surface area contributed by atoms with E-state index in [0.29, 0.717) is 0 Å². The van der Waals surface area contributed by atoms with Gasteiger partial charge in [-0.1, -0.05) is 5.16 Å². The Balaban J connectivity index is 1.53. The third-order valence-electron chi connectivity index (χ3n) is 3.88. The van der Waals surface area contributed by atoms with Crippen LogP contribution in [-0.2, 0) is 13.1 Å². The quantitative estimate of drug-likeness (QED) is 0.670. The molecule has 0 unspecified atom stereocenters. The molecule has 0 radical (unpaired) electrons. The monoisotopic (exact) mass is 333 g/mol. The van der Waals surface area contributed by atoms with Gasteiger partial charge in [-0.15, -0.1) is 0 Å². The molecule has 2 aromatic heterocycles. The van der Waals surface area contributed by atoms with Gasteiger partial charge >= 0.3 is 0 Å². The summed E-state index contributed by atoms with van der Waals surface area (Å²) in [6.45, 7) is 8.58. The molecule has 6 nitrogen and oxygen atoms in total. The zero-order valence-electron chi connectivity index (χ0n) is 13.4. The topological polar surface area (TPSA) is 56.9 Å². The molecule has 0 spiro atoms. The Hall–Kier alpha value is -1.86. The Morgan fingerprint density at radius 3 is 2.87 bits per heavy atom. The number of nitrogens with one attached hydrogen (secondary N) is 1. The third-order valence-corrected chi connectivity index (χ3v) is 4.61. The maximum absolute atomic E-state index is 4.90. The van der Waals surface area contributed by atoms with Crippen LogP contribution in [0.5, 0.6) is 0 Å². The molecule has 3 rings (SSSR count). The Kier molecular flexibility index (Phi) is 5.65. The summed E-state index contributed by atoms with van der Waals surface area (Å²) in [6.07, 6.45) is 1.63. The zero-order valence-corrected chi connectivity index (χ0v) is 14.3. The first kappa shape index (κ1) is 16.0. The summed E-state index contributed by atoms with van der Waals surface area (Å²) < 4.78 is 4.90. The van der Waals surface area contributed by atoms with E-state index >= 15 is 0 Å². The van der Waals surface area contributed by atoms with Crippen molar-refractivity contribution in [1.82, 2.24) is 20.3 Å². The molecule has 7 heteroatoms. The molecule has 23 heavy (non-hydrogen) atoms. The molecule has 1 fully saturated rings. The summed E-state index contributed by atoms with van der Waals surface area (Å²) >= 11 is 1.72. The molecule has 1 saturated heterocycles. The fourth-order valence-corrected chi connectivity index (χ4v) is 3.30. The molecule has 0 amide bonds. The molecule has 0 bridgehead atoms. The van der Waals surface area contributed by atoms with Crippen LogP contribution in [-0.4, -0.2) is 53.6 Å². The van der Waals surface area contributed by atoms with Crippen molar-refractivity contribution in [2.24, 2.45) is 4.99 Å². The maximum atomic E-state index is 4.90. The summed E-state index contributed by atoms with van der Waals surface area (Å²) in [6, 6.07) is 4.06. The number of aromatic nitrogens is 1. The lowest BCUT2D eigenvalue weighted by atomic mass is 10.3. The predicted molar refractivity (Wildman–Crippen MR) is 92.5 cm³/mol. The Morgan fingerprint density at radius 2 is 2.22 bits per heavy atom. The van der Waals surface area contributed by atoms with Crippen LogP contribution in [0.15, 0.2) is 38.7 Å². The third kappa shape index (κ3) is 4.56. The van der Waals surface area contributed by atoms with Crippen molar-refractivity contribution < 1.29 is 4.52 Å². The van der Waals surface area contributed by atoms with E-state index in [0.717, 1.165) is 57.5 Å². The summed E-state index contributed by atoms with van der Waals surface area (Å²) in [5, 5.41) is 11.6. The van der Waals surface area contributed by atoms with Crippen molar-refractivity contribution in [2.75, 3.05) is 32.7 Å². The molecule has 1 N–H and O–H groups in total. The largest absolute Gasteiger partial charge is 0.364 e. The fourth-order valence-electron chi connectivity index (χ4n) is 2.64. The number of hydrogen-bond acceptors (Lipinski definition) is 5. The predicted octanol–water partition coefficient (Wildman–Crippen LogP) is 2.02. The molecule has 1 aliphatic heterocycles. The highest BCUT2D eigenvalue weighted by atomic mass is 32.1. The normalized spacial score (nSPS) is 16.7. The number of thiophene rings is 1. The number of rotatable bonds is 5. The average molecular weight is 333 g/mol. The van der Waals surface area contributed by atoms with Crippen molar-refractivity contribution in [3.05, 3.63) is 40.4 Å². The van der Waals surface area contributed by atoms with Crippen LogP contribution >= 0.6 is 11.3 Å². The SMILES string of the molecule is CCNC(=NCc1ccsc1)N1CCN(Cc2ccon2)CC1. The van der Waals surface area contributed by atoms with Crippen LogP contribution in [0.2, 0.25) is 0 Å². The fraction of sp³-hybridized carbons (Fsp3) is 0.500. The first-order chi connectivity index (χ1) is 11.3. The van der Waals surface area contributed by atoms with Crippen molar-refractivity contribution in [1.29, 1.82) is 0 Å². The van der Waals surface area contributed by atoms with Crippen molar-refractivity contribution in [3.8, 4) is 0 Å². The summed E-state index contributed by atoms with van der Waals surface area (Å²) in [5.74, 6) is 1.01. The second-order valence-corrected chi connectivity index (χ2v) is 6.34. The van der Waals surface area contributed by atoms with Crippen LogP contribution < -0.4 is 5.32 Å². The molecule has 0 saturated carbocycles. The molecule has 1 aliphatic rings. The van der Waals surface area contributed by atoms with E-state index in [1.165, 1.54) is 5.56 Å². The summed E-state index contributed by atoms with van der Waals surface area (Å²) in [4.78, 5) is 9.51. The van der Waals surface area contributed by atoms with Crippen molar-refractivity contribution in [3.63, 3.8) is 0 Å². The van der Waals surface area contributed by atoms with Gasteiger partial charge in [0.1, 0.15) is 6.26 Å². The van der Waals surface area contributed by atoms with E-state index in [-0.39, 0.29) is 0 Å². The smallest absolute Gasteiger partial charge is 0.194 e. The van der Waals surface area contributed by atoms with Crippen LogP contribution in [0.25, 0.3) is 0 Å². The van der Waals surface area contributed by atoms with Gasteiger partial charge in [0.15, 0.2) is 5.96 Å². The highest BCUT2D eigenvalue weighted by Gasteiger charge is 2.20. The van der Waals surface area contributed by atoms with Crippen LogP contribution in [0, 0.1) is 0 Å². The van der Waals surface area contributed by atoms with E-state index in [1.54, 1.807) is 17.6 Å².